The molecule has 1 unspecified atom stereocenters. The zero-order valence-electron chi connectivity index (χ0n) is 10.7. The van der Waals surface area contributed by atoms with E-state index in [1.807, 2.05) is 43.3 Å². The molecule has 0 saturated carbocycles. The number of hydrogen-bond acceptors (Lipinski definition) is 3. The third-order valence-corrected chi connectivity index (χ3v) is 3.24. The molecule has 0 amide bonds. The first kappa shape index (κ1) is 11.8. The predicted molar refractivity (Wildman–Crippen MR) is 76.7 cm³/mol. The van der Waals surface area contributed by atoms with Gasteiger partial charge in [0.05, 0.1) is 17.3 Å². The summed E-state index contributed by atoms with van der Waals surface area (Å²) in [5.74, 6) is 0. The molecule has 0 fully saturated rings. The maximum Gasteiger partial charge on any atom is 0.0726 e. The van der Waals surface area contributed by atoms with Gasteiger partial charge in [-0.2, -0.15) is 0 Å². The van der Waals surface area contributed by atoms with Crippen LogP contribution in [0, 0.1) is 6.92 Å². The van der Waals surface area contributed by atoms with Gasteiger partial charge < -0.3 is 5.73 Å². The van der Waals surface area contributed by atoms with Gasteiger partial charge in [-0.15, -0.1) is 0 Å². The van der Waals surface area contributed by atoms with Crippen molar-refractivity contribution in [3.05, 3.63) is 71.7 Å². The molecular weight excluding hydrogens is 234 g/mol. The van der Waals surface area contributed by atoms with Crippen LogP contribution in [-0.4, -0.2) is 9.97 Å². The lowest BCUT2D eigenvalue weighted by molar-refractivity contribution is 0.828. The lowest BCUT2D eigenvalue weighted by atomic mass is 10.0. The van der Waals surface area contributed by atoms with Gasteiger partial charge >= 0.3 is 0 Å². The zero-order valence-corrected chi connectivity index (χ0v) is 10.7. The molecule has 0 aliphatic carbocycles. The van der Waals surface area contributed by atoms with E-state index in [-0.39, 0.29) is 6.04 Å². The van der Waals surface area contributed by atoms with E-state index in [1.54, 1.807) is 12.4 Å². The van der Waals surface area contributed by atoms with Gasteiger partial charge in [0.1, 0.15) is 0 Å². The molecule has 0 radical (unpaired) electrons. The minimum atomic E-state index is -0.204. The predicted octanol–water partition coefficient (Wildman–Crippen LogP) is 2.99. The van der Waals surface area contributed by atoms with Crippen molar-refractivity contribution in [2.24, 2.45) is 5.73 Å². The van der Waals surface area contributed by atoms with Gasteiger partial charge in [-0.05, 0) is 48.4 Å². The molecule has 3 aromatic rings. The summed E-state index contributed by atoms with van der Waals surface area (Å²) in [6.45, 7) is 2.04. The minimum absolute atomic E-state index is 0.204. The Balaban J connectivity index is 2.04. The number of benzene rings is 1. The molecule has 3 nitrogen and oxygen atoms in total. The van der Waals surface area contributed by atoms with E-state index in [4.69, 9.17) is 5.73 Å². The first-order chi connectivity index (χ1) is 9.24. The highest BCUT2D eigenvalue weighted by Crippen LogP contribution is 2.22. The molecule has 1 aromatic carbocycles. The highest BCUT2D eigenvalue weighted by atomic mass is 14.8. The summed E-state index contributed by atoms with van der Waals surface area (Å²) in [5, 5.41) is 1.10. The second-order valence-corrected chi connectivity index (χ2v) is 4.69. The van der Waals surface area contributed by atoms with Crippen molar-refractivity contribution in [3.63, 3.8) is 0 Å². The number of nitrogens with two attached hydrogens (primary N) is 1. The van der Waals surface area contributed by atoms with Gasteiger partial charge in [-0.25, -0.2) is 0 Å². The van der Waals surface area contributed by atoms with Gasteiger partial charge in [0.25, 0.3) is 0 Å². The van der Waals surface area contributed by atoms with Crippen LogP contribution >= 0.6 is 0 Å². The van der Waals surface area contributed by atoms with Gasteiger partial charge in [0.2, 0.25) is 0 Å². The van der Waals surface area contributed by atoms with Crippen LogP contribution < -0.4 is 5.73 Å². The fourth-order valence-corrected chi connectivity index (χ4v) is 2.19. The van der Waals surface area contributed by atoms with E-state index >= 15 is 0 Å². The number of hydrogen-bond donors (Lipinski definition) is 1. The second-order valence-electron chi connectivity index (χ2n) is 4.69. The molecule has 3 heteroatoms. The number of pyridine rings is 2. The summed E-state index contributed by atoms with van der Waals surface area (Å²) in [6.07, 6.45) is 3.59. The average molecular weight is 249 g/mol. The Kier molecular flexibility index (Phi) is 2.97. The van der Waals surface area contributed by atoms with Crippen molar-refractivity contribution in [2.45, 2.75) is 13.0 Å². The van der Waals surface area contributed by atoms with Gasteiger partial charge in [-0.3, -0.25) is 9.97 Å². The monoisotopic (exact) mass is 249 g/mol. The van der Waals surface area contributed by atoms with Gasteiger partial charge in [0, 0.05) is 17.8 Å². The van der Waals surface area contributed by atoms with E-state index in [0.717, 1.165) is 22.2 Å². The van der Waals surface area contributed by atoms with Crippen LogP contribution in [0.5, 0.6) is 0 Å². The summed E-state index contributed by atoms with van der Waals surface area (Å²) >= 11 is 0. The topological polar surface area (TPSA) is 51.8 Å². The molecule has 1 atom stereocenters. The van der Waals surface area contributed by atoms with E-state index in [1.165, 1.54) is 5.56 Å². The molecule has 0 bridgehead atoms. The molecule has 0 saturated heterocycles. The maximum atomic E-state index is 6.29. The normalized spacial score (nSPS) is 12.5. The molecule has 19 heavy (non-hydrogen) atoms. The molecular formula is C16H15N3. The molecule has 0 spiro atoms. The molecule has 2 heterocycles. The van der Waals surface area contributed by atoms with E-state index < -0.39 is 0 Å². The second kappa shape index (κ2) is 4.78. The summed E-state index contributed by atoms with van der Waals surface area (Å²) in [7, 11) is 0. The lowest BCUT2D eigenvalue weighted by Crippen LogP contribution is -2.13. The number of nitrogens with zero attached hydrogens (tertiary/aromatic N) is 2. The molecule has 94 valence electrons. The molecule has 2 aromatic heterocycles. The van der Waals surface area contributed by atoms with Crippen molar-refractivity contribution in [1.82, 2.24) is 9.97 Å². The Bertz CT molecular complexity index is 722. The van der Waals surface area contributed by atoms with Crippen molar-refractivity contribution in [1.29, 1.82) is 0 Å². The first-order valence-corrected chi connectivity index (χ1v) is 6.27. The van der Waals surface area contributed by atoms with Crippen molar-refractivity contribution < 1.29 is 0 Å². The fourth-order valence-electron chi connectivity index (χ4n) is 2.19. The molecule has 3 rings (SSSR count). The Morgan fingerprint density at radius 1 is 1.00 bits per heavy atom. The SMILES string of the molecule is Cc1ccnc(C(N)c2ccc3ncccc3c2)c1. The van der Waals surface area contributed by atoms with Crippen LogP contribution in [0.1, 0.15) is 22.9 Å². The van der Waals surface area contributed by atoms with Crippen LogP contribution in [0.3, 0.4) is 0 Å². The smallest absolute Gasteiger partial charge is 0.0726 e. The molecule has 2 N–H and O–H groups in total. The Labute approximate surface area is 112 Å². The number of rotatable bonds is 2. The lowest BCUT2D eigenvalue weighted by Gasteiger charge is -2.12. The van der Waals surface area contributed by atoms with E-state index in [9.17, 15) is 0 Å². The maximum absolute atomic E-state index is 6.29. The highest BCUT2D eigenvalue weighted by Gasteiger charge is 2.11. The first-order valence-electron chi connectivity index (χ1n) is 6.27. The molecule has 0 aliphatic rings. The standard InChI is InChI=1S/C16H15N3/c1-11-6-8-19-15(9-11)16(17)13-4-5-14-12(10-13)3-2-7-18-14/h2-10,16H,17H2,1H3. The average Bonchev–Trinajstić information content (AvgIpc) is 2.46. The molecule has 0 aliphatic heterocycles. The quantitative estimate of drug-likeness (QED) is 0.759. The summed E-state index contributed by atoms with van der Waals surface area (Å²) in [6, 6.07) is 13.9. The van der Waals surface area contributed by atoms with Crippen LogP contribution in [0.25, 0.3) is 10.9 Å². The van der Waals surface area contributed by atoms with Crippen LogP contribution in [0.15, 0.2) is 54.9 Å². The third kappa shape index (κ3) is 2.33. The van der Waals surface area contributed by atoms with Crippen LogP contribution in [-0.2, 0) is 0 Å². The third-order valence-electron chi connectivity index (χ3n) is 3.24. The van der Waals surface area contributed by atoms with Crippen molar-refractivity contribution in [3.8, 4) is 0 Å². The Hall–Kier alpha value is -2.26. The van der Waals surface area contributed by atoms with E-state index in [2.05, 4.69) is 16.0 Å². The fraction of sp³-hybridized carbons (Fsp3) is 0.125. The highest BCUT2D eigenvalue weighted by molar-refractivity contribution is 5.79. The van der Waals surface area contributed by atoms with Crippen LogP contribution in [0.4, 0.5) is 0 Å². The van der Waals surface area contributed by atoms with E-state index in [0.29, 0.717) is 0 Å². The number of aryl methyl sites for hydroxylation is 1. The number of aromatic nitrogens is 2. The Morgan fingerprint density at radius 3 is 2.74 bits per heavy atom. The summed E-state index contributed by atoms with van der Waals surface area (Å²) in [5.41, 5.74) is 10.4. The number of fused-ring (bicyclic) bond motifs is 1. The van der Waals surface area contributed by atoms with Gasteiger partial charge in [0.15, 0.2) is 0 Å². The largest absolute Gasteiger partial charge is 0.319 e. The minimum Gasteiger partial charge on any atom is -0.319 e. The van der Waals surface area contributed by atoms with Gasteiger partial charge in [-0.1, -0.05) is 12.1 Å². The van der Waals surface area contributed by atoms with Crippen LogP contribution in [0.2, 0.25) is 0 Å². The Morgan fingerprint density at radius 2 is 1.89 bits per heavy atom. The summed E-state index contributed by atoms with van der Waals surface area (Å²) < 4.78 is 0. The summed E-state index contributed by atoms with van der Waals surface area (Å²) in [4.78, 5) is 8.67. The van der Waals surface area contributed by atoms with Crippen molar-refractivity contribution in [2.75, 3.05) is 0 Å². The zero-order chi connectivity index (χ0) is 13.2. The van der Waals surface area contributed by atoms with Crippen molar-refractivity contribution >= 4 is 10.9 Å².